The number of nitrogens with zero attached hydrogens (tertiary/aromatic N) is 4. The molecule has 3 amide bonds. The highest BCUT2D eigenvalue weighted by Crippen LogP contribution is 2.42. The van der Waals surface area contributed by atoms with Crippen molar-refractivity contribution in [2.75, 3.05) is 30.0 Å². The molecule has 51 heavy (non-hydrogen) atoms. The number of aliphatic hydroxyl groups excluding tert-OH is 1. The maximum atomic E-state index is 14.2. The van der Waals surface area contributed by atoms with Crippen molar-refractivity contribution in [2.24, 2.45) is 0 Å². The number of anilines is 1. The van der Waals surface area contributed by atoms with Crippen LogP contribution >= 0.6 is 23.5 Å². The van der Waals surface area contributed by atoms with Crippen LogP contribution in [-0.2, 0) is 28.6 Å². The van der Waals surface area contributed by atoms with Gasteiger partial charge in [-0.15, -0.1) is 0 Å². The number of aliphatic hydroxyl groups is 1. The molecule has 2 atom stereocenters. The molecule has 0 bridgehead atoms. The highest BCUT2D eigenvalue weighted by atomic mass is 35.5. The molecular weight excluding hydrogens is 739 g/mol. The summed E-state index contributed by atoms with van der Waals surface area (Å²) in [7, 11) is -1.36. The highest BCUT2D eigenvalue weighted by molar-refractivity contribution is 8.00. The van der Waals surface area contributed by atoms with Gasteiger partial charge in [-0.1, -0.05) is 23.6 Å². The fourth-order valence-electron chi connectivity index (χ4n) is 5.01. The number of alkyl halides is 3. The topological polar surface area (TPSA) is 129 Å². The quantitative estimate of drug-likeness (QED) is 0.0707. The van der Waals surface area contributed by atoms with Crippen LogP contribution in [0.2, 0.25) is 5.02 Å². The number of carbonyl (C=O) groups excluding carboxylic acids is 2. The molecule has 4 aromatic rings. The lowest BCUT2D eigenvalue weighted by Gasteiger charge is -2.21. The molecular formula is C33H32ClF5N6O4S2. The van der Waals surface area contributed by atoms with Crippen LogP contribution in [0.15, 0.2) is 42.5 Å². The van der Waals surface area contributed by atoms with Gasteiger partial charge in [-0.2, -0.15) is 18.3 Å². The van der Waals surface area contributed by atoms with Crippen molar-refractivity contribution < 1.29 is 40.9 Å². The Morgan fingerprint density at radius 3 is 2.41 bits per heavy atom. The summed E-state index contributed by atoms with van der Waals surface area (Å²) in [6, 6.07) is 6.71. The van der Waals surface area contributed by atoms with E-state index in [1.165, 1.54) is 36.8 Å². The van der Waals surface area contributed by atoms with E-state index in [-0.39, 0.29) is 62.8 Å². The minimum atomic E-state index is -4.78. The Morgan fingerprint density at radius 1 is 1.16 bits per heavy atom. The zero-order valence-electron chi connectivity index (χ0n) is 27.6. The third-order valence-electron chi connectivity index (χ3n) is 7.49. The van der Waals surface area contributed by atoms with Crippen molar-refractivity contribution >= 4 is 63.5 Å². The zero-order chi connectivity index (χ0) is 37.7. The second-order valence-corrected chi connectivity index (χ2v) is 14.6. The van der Waals surface area contributed by atoms with Crippen molar-refractivity contribution in [3.8, 4) is 23.0 Å². The molecule has 0 fully saturated rings. The number of pyridine rings is 1. The van der Waals surface area contributed by atoms with Gasteiger partial charge in [0.2, 0.25) is 6.41 Å². The lowest BCUT2D eigenvalue weighted by Crippen LogP contribution is -2.37. The molecule has 2 aromatic carbocycles. The van der Waals surface area contributed by atoms with E-state index in [2.05, 4.69) is 32.6 Å². The fraction of sp³-hybridized carbons (Fsp3) is 0.333. The summed E-state index contributed by atoms with van der Waals surface area (Å²) in [6.45, 7) is 1.18. The molecule has 272 valence electrons. The van der Waals surface area contributed by atoms with Gasteiger partial charge in [0.15, 0.2) is 5.82 Å². The predicted octanol–water partition coefficient (Wildman–Crippen LogP) is 5.92. The van der Waals surface area contributed by atoms with E-state index < -0.39 is 58.6 Å². The van der Waals surface area contributed by atoms with E-state index in [0.717, 1.165) is 28.4 Å². The van der Waals surface area contributed by atoms with Crippen LogP contribution in [0, 0.1) is 23.5 Å². The molecule has 4 rings (SSSR count). The van der Waals surface area contributed by atoms with Crippen LogP contribution in [0.25, 0.3) is 22.0 Å². The molecule has 2 unspecified atom stereocenters. The zero-order valence-corrected chi connectivity index (χ0v) is 30.0. The summed E-state index contributed by atoms with van der Waals surface area (Å²) < 4.78 is 83.5. The third-order valence-corrected chi connectivity index (χ3v) is 10.0. The summed E-state index contributed by atoms with van der Waals surface area (Å²) in [4.78, 5) is 29.6. The van der Waals surface area contributed by atoms with Crippen LogP contribution in [0.4, 0.5) is 32.6 Å². The molecule has 0 radical (unpaired) electrons. The number of rotatable bonds is 12. The van der Waals surface area contributed by atoms with Gasteiger partial charge >= 0.3 is 12.2 Å². The first-order valence-corrected chi connectivity index (χ1v) is 18.1. The molecule has 18 heteroatoms. The number of benzene rings is 2. The van der Waals surface area contributed by atoms with Crippen LogP contribution < -0.4 is 14.9 Å². The number of hydrogen-bond donors (Lipinski definition) is 3. The molecule has 0 aliphatic heterocycles. The largest absolute Gasteiger partial charge is 0.408 e. The van der Waals surface area contributed by atoms with E-state index >= 15 is 0 Å². The van der Waals surface area contributed by atoms with Gasteiger partial charge in [-0.25, -0.2) is 22.9 Å². The molecule has 0 saturated carbocycles. The van der Waals surface area contributed by atoms with Crippen LogP contribution in [0.1, 0.15) is 36.8 Å². The predicted molar refractivity (Wildman–Crippen MR) is 188 cm³/mol. The van der Waals surface area contributed by atoms with Gasteiger partial charge in [0.1, 0.15) is 28.6 Å². The number of hydrogen-bond acceptors (Lipinski definition) is 7. The summed E-state index contributed by atoms with van der Waals surface area (Å²) in [5, 5.41) is 18.3. The number of carbonyl (C=O) groups is 2. The van der Waals surface area contributed by atoms with E-state index in [1.807, 2.05) is 0 Å². The molecule has 0 aliphatic rings. The number of aromatic nitrogens is 3. The molecule has 0 saturated heterocycles. The van der Waals surface area contributed by atoms with Crippen LogP contribution in [-0.4, -0.2) is 73.1 Å². The van der Waals surface area contributed by atoms with Crippen molar-refractivity contribution in [1.82, 2.24) is 25.4 Å². The van der Waals surface area contributed by atoms with Gasteiger partial charge in [-0.05, 0) is 74.0 Å². The first-order chi connectivity index (χ1) is 24.0. The number of urea groups is 1. The minimum Gasteiger partial charge on any atom is -0.395 e. The normalized spacial score (nSPS) is 12.9. The Kier molecular flexibility index (Phi) is 12.7. The van der Waals surface area contributed by atoms with Gasteiger partial charge in [0.25, 0.3) is 0 Å². The SMILES string of the molecule is CSN(C(=O)NCCO)c1nn(CC(F)(F)F)c2c(-c3ccc(C#CC(C)(C)S(C)=O)nc3C(Cc3cc(F)cc(F)c3)NC=O)ccc(Cl)c12. The van der Waals surface area contributed by atoms with Crippen molar-refractivity contribution in [3.05, 3.63) is 76.1 Å². The lowest BCUT2D eigenvalue weighted by atomic mass is 9.94. The molecule has 2 heterocycles. The average molecular weight is 771 g/mol. The van der Waals surface area contributed by atoms with Crippen molar-refractivity contribution in [2.45, 2.75) is 43.8 Å². The molecule has 0 spiro atoms. The van der Waals surface area contributed by atoms with Crippen molar-refractivity contribution in [1.29, 1.82) is 0 Å². The van der Waals surface area contributed by atoms with E-state index in [1.54, 1.807) is 13.8 Å². The first-order valence-electron chi connectivity index (χ1n) is 15.0. The summed E-state index contributed by atoms with van der Waals surface area (Å²) in [5.41, 5.74) is 0.464. The second kappa shape index (κ2) is 16.4. The molecule has 3 N–H and O–H groups in total. The molecule has 2 aromatic heterocycles. The van der Waals surface area contributed by atoms with Crippen molar-refractivity contribution in [3.63, 3.8) is 0 Å². The van der Waals surface area contributed by atoms with Gasteiger partial charge in [-0.3, -0.25) is 13.7 Å². The first kappa shape index (κ1) is 39.5. The van der Waals surface area contributed by atoms with Gasteiger partial charge in [0, 0.05) is 47.0 Å². The second-order valence-electron chi connectivity index (χ2n) is 11.5. The maximum absolute atomic E-state index is 14.2. The monoisotopic (exact) mass is 770 g/mol. The van der Waals surface area contributed by atoms with E-state index in [9.17, 15) is 40.9 Å². The maximum Gasteiger partial charge on any atom is 0.408 e. The Balaban J connectivity index is 2.07. The number of halogens is 6. The highest BCUT2D eigenvalue weighted by Gasteiger charge is 2.34. The Hall–Kier alpha value is -4.24. The van der Waals surface area contributed by atoms with Gasteiger partial charge < -0.3 is 15.7 Å². The van der Waals surface area contributed by atoms with Crippen LogP contribution in [0.3, 0.4) is 0 Å². The molecule has 10 nitrogen and oxygen atoms in total. The summed E-state index contributed by atoms with van der Waals surface area (Å²) in [6.07, 6.45) is -1.67. The number of nitrogens with one attached hydrogen (secondary N) is 2. The van der Waals surface area contributed by atoms with E-state index in [4.69, 9.17) is 11.6 Å². The number of fused-ring (bicyclic) bond motifs is 1. The third kappa shape index (κ3) is 9.56. The molecule has 0 aliphatic carbocycles. The standard InChI is InChI=1S/C33H32ClF5N6O4S2/c1-32(2,51(4)49)10-9-22-5-6-23(28(42-22)26(41-18-47)15-19-13-20(35)16-21(36)14-19)24-7-8-25(34)27-29(24)44(17-33(37,38)39)43-30(27)45(50-3)31(48)40-11-12-46/h5-8,13-14,16,18,26,46H,11-12,15,17H2,1-4H3,(H,40,48)(H,41,47). The summed E-state index contributed by atoms with van der Waals surface area (Å²) in [5.74, 6) is 3.78. The Morgan fingerprint density at radius 2 is 1.82 bits per heavy atom. The Bertz CT molecular complexity index is 2010. The van der Waals surface area contributed by atoms with Crippen LogP contribution in [0.5, 0.6) is 0 Å². The fourth-order valence-corrected chi connectivity index (χ4v) is 5.97. The number of amides is 3. The smallest absolute Gasteiger partial charge is 0.395 e. The average Bonchev–Trinajstić information content (AvgIpc) is 3.40. The van der Waals surface area contributed by atoms with Gasteiger partial charge in [0.05, 0.1) is 34.3 Å². The Labute approximate surface area is 301 Å². The summed E-state index contributed by atoms with van der Waals surface area (Å²) >= 11 is 7.44. The lowest BCUT2D eigenvalue weighted by molar-refractivity contribution is -0.141. The minimum absolute atomic E-state index is 0.0268. The van der Waals surface area contributed by atoms with E-state index in [0.29, 0.717) is 17.2 Å².